The number of morpholine rings is 1. The number of guanidine groups is 1. The largest absolute Gasteiger partial charge is 0.379 e. The van der Waals surface area contributed by atoms with Gasteiger partial charge < -0.3 is 15.4 Å². The fourth-order valence-corrected chi connectivity index (χ4v) is 3.74. The monoisotopic (exact) mass is 338 g/mol. The normalized spacial score (nSPS) is 18.0. The van der Waals surface area contributed by atoms with E-state index in [1.807, 2.05) is 18.4 Å². The summed E-state index contributed by atoms with van der Waals surface area (Å²) in [6, 6.07) is 4.85. The minimum atomic E-state index is 0.377. The van der Waals surface area contributed by atoms with Crippen molar-refractivity contribution in [2.75, 3.05) is 46.4 Å². The van der Waals surface area contributed by atoms with Gasteiger partial charge in [0.2, 0.25) is 0 Å². The zero-order valence-corrected chi connectivity index (χ0v) is 15.4. The number of ether oxygens (including phenoxy) is 1. The van der Waals surface area contributed by atoms with Crippen molar-refractivity contribution in [2.24, 2.45) is 4.99 Å². The second kappa shape index (κ2) is 9.90. The van der Waals surface area contributed by atoms with Crippen LogP contribution >= 0.6 is 11.3 Å². The van der Waals surface area contributed by atoms with Crippen molar-refractivity contribution in [3.63, 3.8) is 0 Å². The van der Waals surface area contributed by atoms with Crippen LogP contribution in [0, 0.1) is 6.92 Å². The first kappa shape index (κ1) is 18.2. The number of nitrogens with one attached hydrogen (secondary N) is 2. The van der Waals surface area contributed by atoms with E-state index in [1.54, 1.807) is 0 Å². The Kier molecular flexibility index (Phi) is 7.85. The van der Waals surface area contributed by atoms with Crippen LogP contribution in [0.2, 0.25) is 0 Å². The molecule has 1 aromatic heterocycles. The Bertz CT molecular complexity index is 483. The topological polar surface area (TPSA) is 48.9 Å². The van der Waals surface area contributed by atoms with Gasteiger partial charge in [0, 0.05) is 43.0 Å². The zero-order chi connectivity index (χ0) is 16.5. The second-order valence-electron chi connectivity index (χ2n) is 5.85. The summed E-state index contributed by atoms with van der Waals surface area (Å²) >= 11 is 1.89. The Morgan fingerprint density at radius 2 is 2.13 bits per heavy atom. The van der Waals surface area contributed by atoms with E-state index in [9.17, 15) is 0 Å². The molecule has 5 nitrogen and oxygen atoms in total. The SMILES string of the molecule is CCCCNC(=NC)NCC(c1ccc(C)s1)N1CCOCC1. The summed E-state index contributed by atoms with van der Waals surface area (Å²) in [5, 5.41) is 6.88. The molecule has 2 heterocycles. The van der Waals surface area contributed by atoms with Gasteiger partial charge in [0.15, 0.2) is 5.96 Å². The first-order valence-corrected chi connectivity index (χ1v) is 9.39. The van der Waals surface area contributed by atoms with Crippen molar-refractivity contribution in [3.8, 4) is 0 Å². The molecule has 1 aromatic rings. The summed E-state index contributed by atoms with van der Waals surface area (Å²) in [5.41, 5.74) is 0. The Labute approximate surface area is 144 Å². The highest BCUT2D eigenvalue weighted by atomic mass is 32.1. The van der Waals surface area contributed by atoms with Crippen molar-refractivity contribution in [1.29, 1.82) is 0 Å². The van der Waals surface area contributed by atoms with Crippen LogP contribution in [0.1, 0.15) is 35.6 Å². The van der Waals surface area contributed by atoms with Crippen molar-refractivity contribution >= 4 is 17.3 Å². The molecule has 1 saturated heterocycles. The van der Waals surface area contributed by atoms with E-state index in [-0.39, 0.29) is 0 Å². The number of nitrogens with zero attached hydrogens (tertiary/aromatic N) is 2. The van der Waals surface area contributed by atoms with Gasteiger partial charge in [0.1, 0.15) is 0 Å². The van der Waals surface area contributed by atoms with Crippen molar-refractivity contribution in [3.05, 3.63) is 21.9 Å². The fourth-order valence-electron chi connectivity index (χ4n) is 2.73. The number of thiophene rings is 1. The molecular formula is C17H30N4OS. The minimum Gasteiger partial charge on any atom is -0.379 e. The summed E-state index contributed by atoms with van der Waals surface area (Å²) in [5.74, 6) is 0.894. The summed E-state index contributed by atoms with van der Waals surface area (Å²) in [6.07, 6.45) is 2.35. The predicted molar refractivity (Wildman–Crippen MR) is 98.5 cm³/mol. The van der Waals surface area contributed by atoms with Crippen LogP contribution in [0.5, 0.6) is 0 Å². The third kappa shape index (κ3) is 5.79. The van der Waals surface area contributed by atoms with Gasteiger partial charge in [-0.15, -0.1) is 11.3 Å². The lowest BCUT2D eigenvalue weighted by Gasteiger charge is -2.34. The summed E-state index contributed by atoms with van der Waals surface area (Å²) in [4.78, 5) is 9.63. The maximum absolute atomic E-state index is 5.51. The van der Waals surface area contributed by atoms with Crippen LogP contribution in [-0.4, -0.2) is 57.3 Å². The molecule has 23 heavy (non-hydrogen) atoms. The Morgan fingerprint density at radius 1 is 1.35 bits per heavy atom. The van der Waals surface area contributed by atoms with E-state index in [0.29, 0.717) is 6.04 Å². The third-order valence-electron chi connectivity index (χ3n) is 4.09. The zero-order valence-electron chi connectivity index (χ0n) is 14.6. The van der Waals surface area contributed by atoms with Gasteiger partial charge in [-0.25, -0.2) is 0 Å². The Morgan fingerprint density at radius 3 is 2.74 bits per heavy atom. The van der Waals surface area contributed by atoms with Gasteiger partial charge in [0.05, 0.1) is 19.3 Å². The Hall–Kier alpha value is -1.11. The van der Waals surface area contributed by atoms with Gasteiger partial charge in [-0.2, -0.15) is 0 Å². The molecule has 0 aromatic carbocycles. The number of hydrogen-bond donors (Lipinski definition) is 2. The number of hydrogen-bond acceptors (Lipinski definition) is 4. The molecule has 1 fully saturated rings. The molecule has 1 atom stereocenters. The lowest BCUT2D eigenvalue weighted by molar-refractivity contribution is 0.0177. The van der Waals surface area contributed by atoms with E-state index in [2.05, 4.69) is 46.5 Å². The van der Waals surface area contributed by atoms with E-state index < -0.39 is 0 Å². The molecule has 1 aliphatic rings. The first-order valence-electron chi connectivity index (χ1n) is 8.57. The minimum absolute atomic E-state index is 0.377. The van der Waals surface area contributed by atoms with Crippen molar-refractivity contribution in [1.82, 2.24) is 15.5 Å². The maximum Gasteiger partial charge on any atom is 0.191 e. The predicted octanol–water partition coefficient (Wildman–Crippen LogP) is 2.39. The number of aliphatic imine (C=N–C) groups is 1. The van der Waals surface area contributed by atoms with Crippen LogP contribution < -0.4 is 10.6 Å². The lowest BCUT2D eigenvalue weighted by atomic mass is 10.2. The molecule has 1 unspecified atom stereocenters. The van der Waals surface area contributed by atoms with E-state index >= 15 is 0 Å². The van der Waals surface area contributed by atoms with Crippen LogP contribution in [0.15, 0.2) is 17.1 Å². The highest BCUT2D eigenvalue weighted by molar-refractivity contribution is 7.12. The smallest absolute Gasteiger partial charge is 0.191 e. The average molecular weight is 339 g/mol. The van der Waals surface area contributed by atoms with Gasteiger partial charge >= 0.3 is 0 Å². The molecule has 0 saturated carbocycles. The molecule has 0 aliphatic carbocycles. The van der Waals surface area contributed by atoms with Crippen molar-refractivity contribution < 1.29 is 4.74 Å². The van der Waals surface area contributed by atoms with Crippen LogP contribution in [0.4, 0.5) is 0 Å². The van der Waals surface area contributed by atoms with E-state index in [4.69, 9.17) is 4.74 Å². The van der Waals surface area contributed by atoms with Gasteiger partial charge in [-0.3, -0.25) is 9.89 Å². The third-order valence-corrected chi connectivity index (χ3v) is 5.19. The van der Waals surface area contributed by atoms with E-state index in [0.717, 1.165) is 51.8 Å². The summed E-state index contributed by atoms with van der Waals surface area (Å²) < 4.78 is 5.51. The first-order chi connectivity index (χ1) is 11.2. The van der Waals surface area contributed by atoms with E-state index in [1.165, 1.54) is 16.2 Å². The molecule has 130 valence electrons. The summed E-state index contributed by atoms with van der Waals surface area (Å²) in [6.45, 7) is 9.84. The standard InChI is InChI=1S/C17H30N4OS/c1-4-5-8-19-17(18-3)20-13-15(16-7-6-14(2)23-16)21-9-11-22-12-10-21/h6-7,15H,4-5,8-13H2,1-3H3,(H2,18,19,20). The number of rotatable bonds is 7. The van der Waals surface area contributed by atoms with Gasteiger partial charge in [-0.1, -0.05) is 13.3 Å². The number of aryl methyl sites for hydroxylation is 1. The summed E-state index contributed by atoms with van der Waals surface area (Å²) in [7, 11) is 1.83. The lowest BCUT2D eigenvalue weighted by Crippen LogP contribution is -2.46. The molecule has 0 spiro atoms. The number of unbranched alkanes of at least 4 members (excludes halogenated alkanes) is 1. The van der Waals surface area contributed by atoms with Gasteiger partial charge in [0.25, 0.3) is 0 Å². The van der Waals surface area contributed by atoms with Crippen LogP contribution in [-0.2, 0) is 4.74 Å². The van der Waals surface area contributed by atoms with Crippen LogP contribution in [0.3, 0.4) is 0 Å². The Balaban J connectivity index is 1.96. The molecule has 0 amide bonds. The highest BCUT2D eigenvalue weighted by Gasteiger charge is 2.24. The molecular weight excluding hydrogens is 308 g/mol. The quantitative estimate of drug-likeness (QED) is 0.455. The molecule has 2 rings (SSSR count). The second-order valence-corrected chi connectivity index (χ2v) is 7.17. The van der Waals surface area contributed by atoms with Crippen molar-refractivity contribution in [2.45, 2.75) is 32.7 Å². The molecule has 1 aliphatic heterocycles. The maximum atomic E-state index is 5.51. The molecule has 2 N–H and O–H groups in total. The van der Waals surface area contributed by atoms with Gasteiger partial charge in [-0.05, 0) is 25.5 Å². The molecule has 0 bridgehead atoms. The highest BCUT2D eigenvalue weighted by Crippen LogP contribution is 2.27. The average Bonchev–Trinajstić information content (AvgIpc) is 3.00. The fraction of sp³-hybridized carbons (Fsp3) is 0.706. The molecule has 0 radical (unpaired) electrons. The molecule has 6 heteroatoms. The van der Waals surface area contributed by atoms with Crippen LogP contribution in [0.25, 0.3) is 0 Å².